The van der Waals surface area contributed by atoms with Gasteiger partial charge in [-0.1, -0.05) is 18.2 Å². The van der Waals surface area contributed by atoms with Gasteiger partial charge in [0.15, 0.2) is 0 Å². The first-order chi connectivity index (χ1) is 13.2. The van der Waals surface area contributed by atoms with Crippen molar-refractivity contribution in [3.63, 3.8) is 0 Å². The van der Waals surface area contributed by atoms with E-state index in [1.807, 2.05) is 0 Å². The maximum atomic E-state index is 12.7. The molecule has 0 bridgehead atoms. The number of carboxylic acid groups (broad SMARTS) is 1. The van der Waals surface area contributed by atoms with Crippen LogP contribution >= 0.6 is 0 Å². The van der Waals surface area contributed by atoms with Crippen LogP contribution < -0.4 is 10.1 Å². The zero-order chi connectivity index (χ0) is 20.7. The van der Waals surface area contributed by atoms with Gasteiger partial charge in [-0.05, 0) is 47.9 Å². The summed E-state index contributed by atoms with van der Waals surface area (Å²) < 4.78 is 43.7. The zero-order valence-corrected chi connectivity index (χ0v) is 15.3. The molecule has 0 heterocycles. The third-order valence-corrected chi connectivity index (χ3v) is 4.14. The zero-order valence-electron chi connectivity index (χ0n) is 15.3. The maximum absolute atomic E-state index is 12.7. The van der Waals surface area contributed by atoms with Gasteiger partial charge in [0.25, 0.3) is 0 Å². The number of carbonyl (C=O) groups is 1. The van der Waals surface area contributed by atoms with Crippen molar-refractivity contribution < 1.29 is 32.9 Å². The average molecular weight is 397 g/mol. The molecule has 2 rings (SSSR count). The molecule has 2 aromatic rings. The molecule has 0 saturated carbocycles. The molecule has 152 valence electrons. The predicted octanol–water partition coefficient (Wildman–Crippen LogP) is 3.34. The molecule has 0 aromatic heterocycles. The van der Waals surface area contributed by atoms with Crippen molar-refractivity contribution in [1.29, 1.82) is 0 Å². The Morgan fingerprint density at radius 2 is 1.96 bits per heavy atom. The Morgan fingerprint density at radius 1 is 1.21 bits per heavy atom. The fourth-order valence-corrected chi connectivity index (χ4v) is 2.64. The molecule has 0 saturated heterocycles. The Kier molecular flexibility index (Phi) is 7.42. The van der Waals surface area contributed by atoms with Gasteiger partial charge in [-0.2, -0.15) is 13.2 Å². The summed E-state index contributed by atoms with van der Waals surface area (Å²) in [6, 6.07) is 9.73. The SMILES string of the molecule is Cc1cc(OCCNCC(O)c2cccc(C(F)(F)F)c2)ccc1CC(=O)O. The number of rotatable bonds is 9. The Bertz CT molecular complexity index is 808. The molecular weight excluding hydrogens is 375 g/mol. The van der Waals surface area contributed by atoms with Crippen molar-refractivity contribution in [2.24, 2.45) is 0 Å². The smallest absolute Gasteiger partial charge is 0.416 e. The van der Waals surface area contributed by atoms with Crippen LogP contribution in [0.5, 0.6) is 5.75 Å². The number of halogens is 3. The fourth-order valence-electron chi connectivity index (χ4n) is 2.64. The standard InChI is InChI=1S/C20H22F3NO4/c1-13-9-17(6-5-14(13)11-19(26)27)28-8-7-24-12-18(25)15-3-2-4-16(10-15)20(21,22)23/h2-6,9-10,18,24-25H,7-8,11-12H2,1H3,(H,26,27). The summed E-state index contributed by atoms with van der Waals surface area (Å²) in [6.45, 7) is 2.55. The molecule has 3 N–H and O–H groups in total. The quantitative estimate of drug-likeness (QED) is 0.566. The molecule has 0 aliphatic carbocycles. The van der Waals surface area contributed by atoms with Gasteiger partial charge in [-0.15, -0.1) is 0 Å². The molecule has 0 amide bonds. The third-order valence-electron chi connectivity index (χ3n) is 4.14. The van der Waals surface area contributed by atoms with Gasteiger partial charge in [0.05, 0.1) is 18.1 Å². The van der Waals surface area contributed by atoms with E-state index in [9.17, 15) is 23.1 Å². The molecule has 0 aliphatic rings. The van der Waals surface area contributed by atoms with E-state index in [0.717, 1.165) is 17.7 Å². The summed E-state index contributed by atoms with van der Waals surface area (Å²) in [4.78, 5) is 10.8. The van der Waals surface area contributed by atoms with E-state index < -0.39 is 23.8 Å². The number of hydrogen-bond donors (Lipinski definition) is 3. The number of aliphatic carboxylic acids is 1. The number of aliphatic hydroxyl groups is 1. The van der Waals surface area contributed by atoms with E-state index in [4.69, 9.17) is 9.84 Å². The van der Waals surface area contributed by atoms with Crippen LogP contribution in [0.3, 0.4) is 0 Å². The first-order valence-corrected chi connectivity index (χ1v) is 8.67. The Hall–Kier alpha value is -2.58. The highest BCUT2D eigenvalue weighted by molar-refractivity contribution is 5.70. The molecule has 0 spiro atoms. The molecular formula is C20H22F3NO4. The number of ether oxygens (including phenoxy) is 1. The van der Waals surface area contributed by atoms with Crippen LogP contribution in [0.15, 0.2) is 42.5 Å². The summed E-state index contributed by atoms with van der Waals surface area (Å²) >= 11 is 0. The van der Waals surface area contributed by atoms with Crippen molar-refractivity contribution >= 4 is 5.97 Å². The van der Waals surface area contributed by atoms with E-state index in [2.05, 4.69) is 5.32 Å². The number of aryl methyl sites for hydroxylation is 1. The van der Waals surface area contributed by atoms with Crippen LogP contribution in [0.25, 0.3) is 0 Å². The van der Waals surface area contributed by atoms with Crippen LogP contribution in [0, 0.1) is 6.92 Å². The Labute approximate surface area is 160 Å². The monoisotopic (exact) mass is 397 g/mol. The molecule has 0 fully saturated rings. The first-order valence-electron chi connectivity index (χ1n) is 8.67. The molecule has 0 radical (unpaired) electrons. The number of aliphatic hydroxyl groups excluding tert-OH is 1. The summed E-state index contributed by atoms with van der Waals surface area (Å²) in [7, 11) is 0. The van der Waals surface area contributed by atoms with Gasteiger partial charge in [0, 0.05) is 13.1 Å². The van der Waals surface area contributed by atoms with E-state index in [1.165, 1.54) is 12.1 Å². The molecule has 2 aromatic carbocycles. The number of nitrogens with one attached hydrogen (secondary N) is 1. The van der Waals surface area contributed by atoms with E-state index in [0.29, 0.717) is 17.9 Å². The molecule has 8 heteroatoms. The summed E-state index contributed by atoms with van der Waals surface area (Å²) in [5.41, 5.74) is 0.914. The highest BCUT2D eigenvalue weighted by Gasteiger charge is 2.30. The topological polar surface area (TPSA) is 78.8 Å². The second kappa shape index (κ2) is 9.57. The second-order valence-corrected chi connectivity index (χ2v) is 6.35. The fraction of sp³-hybridized carbons (Fsp3) is 0.350. The van der Waals surface area contributed by atoms with Crippen molar-refractivity contribution in [3.8, 4) is 5.75 Å². The molecule has 5 nitrogen and oxygen atoms in total. The maximum Gasteiger partial charge on any atom is 0.416 e. The number of alkyl halides is 3. The van der Waals surface area contributed by atoms with Crippen LogP contribution in [-0.2, 0) is 17.4 Å². The van der Waals surface area contributed by atoms with Crippen molar-refractivity contribution in [2.45, 2.75) is 25.6 Å². The summed E-state index contributed by atoms with van der Waals surface area (Å²) in [6.07, 6.45) is -5.57. The minimum absolute atomic E-state index is 0.0545. The second-order valence-electron chi connectivity index (χ2n) is 6.35. The largest absolute Gasteiger partial charge is 0.492 e. The molecule has 1 atom stereocenters. The van der Waals surface area contributed by atoms with E-state index in [-0.39, 0.29) is 25.1 Å². The normalized spacial score (nSPS) is 12.6. The van der Waals surface area contributed by atoms with Crippen LogP contribution in [0.2, 0.25) is 0 Å². The summed E-state index contributed by atoms with van der Waals surface area (Å²) in [5, 5.41) is 21.8. The predicted molar refractivity (Wildman–Crippen MR) is 97.3 cm³/mol. The van der Waals surface area contributed by atoms with Crippen LogP contribution in [-0.4, -0.2) is 35.9 Å². The minimum Gasteiger partial charge on any atom is -0.492 e. The lowest BCUT2D eigenvalue weighted by atomic mass is 10.1. The van der Waals surface area contributed by atoms with Crippen molar-refractivity contribution in [1.82, 2.24) is 5.32 Å². The van der Waals surface area contributed by atoms with Crippen LogP contribution in [0.1, 0.15) is 28.4 Å². The van der Waals surface area contributed by atoms with Gasteiger partial charge >= 0.3 is 12.1 Å². The molecule has 1 unspecified atom stereocenters. The Morgan fingerprint density at radius 3 is 2.61 bits per heavy atom. The minimum atomic E-state index is -4.45. The van der Waals surface area contributed by atoms with E-state index in [1.54, 1.807) is 25.1 Å². The van der Waals surface area contributed by atoms with E-state index >= 15 is 0 Å². The lowest BCUT2D eigenvalue weighted by Crippen LogP contribution is -2.26. The lowest BCUT2D eigenvalue weighted by molar-refractivity contribution is -0.138. The number of carboxylic acids is 1. The third kappa shape index (κ3) is 6.54. The van der Waals surface area contributed by atoms with Gasteiger partial charge in [-0.25, -0.2) is 0 Å². The molecule has 28 heavy (non-hydrogen) atoms. The van der Waals surface area contributed by atoms with Gasteiger partial charge in [-0.3, -0.25) is 4.79 Å². The number of hydrogen-bond acceptors (Lipinski definition) is 4. The van der Waals surface area contributed by atoms with Gasteiger partial charge in [0.1, 0.15) is 12.4 Å². The summed E-state index contributed by atoms with van der Waals surface area (Å²) in [5.74, 6) is -0.313. The average Bonchev–Trinajstić information content (AvgIpc) is 2.62. The van der Waals surface area contributed by atoms with Gasteiger partial charge in [0.2, 0.25) is 0 Å². The lowest BCUT2D eigenvalue weighted by Gasteiger charge is -2.15. The first kappa shape index (κ1) is 21.7. The highest BCUT2D eigenvalue weighted by atomic mass is 19.4. The Balaban J connectivity index is 1.77. The van der Waals surface area contributed by atoms with Gasteiger partial charge < -0.3 is 20.3 Å². The van der Waals surface area contributed by atoms with Crippen molar-refractivity contribution in [2.75, 3.05) is 19.7 Å². The van der Waals surface area contributed by atoms with Crippen molar-refractivity contribution in [3.05, 3.63) is 64.7 Å². The molecule has 0 aliphatic heterocycles. The highest BCUT2D eigenvalue weighted by Crippen LogP contribution is 2.30. The number of benzene rings is 2. The van der Waals surface area contributed by atoms with Crippen LogP contribution in [0.4, 0.5) is 13.2 Å².